The number of ether oxygens (including phenoxy) is 2. The summed E-state index contributed by atoms with van der Waals surface area (Å²) in [5.74, 6) is 0.452. The zero-order valence-corrected chi connectivity index (χ0v) is 15.3. The molecule has 138 valence electrons. The van der Waals surface area contributed by atoms with Crippen LogP contribution < -0.4 is 10.1 Å². The molecule has 1 aliphatic rings. The van der Waals surface area contributed by atoms with Crippen molar-refractivity contribution in [3.8, 4) is 5.75 Å². The van der Waals surface area contributed by atoms with Crippen LogP contribution in [0, 0.1) is 0 Å². The Labute approximate surface area is 149 Å². The summed E-state index contributed by atoms with van der Waals surface area (Å²) in [4.78, 5) is 26.2. The van der Waals surface area contributed by atoms with Gasteiger partial charge in [-0.05, 0) is 57.4 Å². The molecular weight excluding hydrogens is 320 g/mol. The Morgan fingerprint density at radius 2 is 1.80 bits per heavy atom. The number of amides is 2. The van der Waals surface area contributed by atoms with E-state index in [-0.39, 0.29) is 18.4 Å². The largest absolute Gasteiger partial charge is 0.484 e. The number of nitrogens with zero attached hydrogens (tertiary/aromatic N) is 1. The average Bonchev–Trinajstić information content (AvgIpc) is 3.15. The molecule has 1 N–H and O–H groups in total. The Morgan fingerprint density at radius 1 is 1.16 bits per heavy atom. The topological polar surface area (TPSA) is 67.9 Å². The first kappa shape index (κ1) is 19.2. The monoisotopic (exact) mass is 348 g/mol. The van der Waals surface area contributed by atoms with Gasteiger partial charge in [0.1, 0.15) is 11.4 Å². The van der Waals surface area contributed by atoms with Crippen molar-refractivity contribution in [1.82, 2.24) is 4.90 Å². The third kappa shape index (κ3) is 5.19. The highest BCUT2D eigenvalue weighted by Gasteiger charge is 2.31. The van der Waals surface area contributed by atoms with Gasteiger partial charge in [0.05, 0.1) is 0 Å². The number of anilines is 1. The van der Waals surface area contributed by atoms with Gasteiger partial charge in [0.25, 0.3) is 11.8 Å². The third-order valence-electron chi connectivity index (χ3n) is 4.55. The smallest absolute Gasteiger partial charge is 0.260 e. The van der Waals surface area contributed by atoms with Gasteiger partial charge in [0.2, 0.25) is 0 Å². The molecule has 0 unspecified atom stereocenters. The van der Waals surface area contributed by atoms with Crippen LogP contribution in [0.5, 0.6) is 5.75 Å². The Morgan fingerprint density at radius 3 is 2.36 bits per heavy atom. The highest BCUT2D eigenvalue weighted by molar-refractivity contribution is 5.97. The summed E-state index contributed by atoms with van der Waals surface area (Å²) in [5, 5.41) is 2.86. The fraction of sp³-hybridized carbons (Fsp3) is 0.579. The van der Waals surface area contributed by atoms with Crippen molar-refractivity contribution >= 4 is 17.5 Å². The Kier molecular flexibility index (Phi) is 6.82. The van der Waals surface area contributed by atoms with Crippen molar-refractivity contribution in [3.05, 3.63) is 24.3 Å². The second-order valence-electron chi connectivity index (χ2n) is 6.37. The van der Waals surface area contributed by atoms with Gasteiger partial charge in [-0.3, -0.25) is 9.59 Å². The standard InChI is InChI=1S/C19H28N2O4/c1-4-19(3,25-5-2)18(23)20-15-8-10-16(11-9-15)24-14-17(22)21-12-6-7-13-21/h8-11H,4-7,12-14H2,1-3H3,(H,20,23)/t19-/m0/s1. The zero-order chi connectivity index (χ0) is 18.3. The molecule has 6 nitrogen and oxygen atoms in total. The first-order chi connectivity index (χ1) is 12.0. The van der Waals surface area contributed by atoms with E-state index in [1.54, 1.807) is 31.2 Å². The minimum absolute atomic E-state index is 0.0188. The third-order valence-corrected chi connectivity index (χ3v) is 4.55. The van der Waals surface area contributed by atoms with Gasteiger partial charge in [0.15, 0.2) is 6.61 Å². The lowest BCUT2D eigenvalue weighted by Crippen LogP contribution is -2.42. The summed E-state index contributed by atoms with van der Waals surface area (Å²) in [6, 6.07) is 7.01. The predicted octanol–water partition coefficient (Wildman–Crippen LogP) is 2.83. The van der Waals surface area contributed by atoms with E-state index >= 15 is 0 Å². The summed E-state index contributed by atoms with van der Waals surface area (Å²) >= 11 is 0. The van der Waals surface area contributed by atoms with Gasteiger partial charge in [-0.1, -0.05) is 6.92 Å². The molecule has 0 radical (unpaired) electrons. The summed E-state index contributed by atoms with van der Waals surface area (Å²) in [5.41, 5.74) is -0.172. The number of hydrogen-bond donors (Lipinski definition) is 1. The van der Waals surface area contributed by atoms with Gasteiger partial charge >= 0.3 is 0 Å². The average molecular weight is 348 g/mol. The number of benzene rings is 1. The number of nitrogens with one attached hydrogen (secondary N) is 1. The van der Waals surface area contributed by atoms with Crippen LogP contribution in [0.2, 0.25) is 0 Å². The molecule has 0 aliphatic carbocycles. The minimum Gasteiger partial charge on any atom is -0.484 e. The van der Waals surface area contributed by atoms with Crippen LogP contribution >= 0.6 is 0 Å². The summed E-state index contributed by atoms with van der Waals surface area (Å²) in [7, 11) is 0. The van der Waals surface area contributed by atoms with Crippen LogP contribution in [-0.2, 0) is 14.3 Å². The maximum absolute atomic E-state index is 12.4. The van der Waals surface area contributed by atoms with E-state index in [1.165, 1.54) is 0 Å². The molecule has 0 aromatic heterocycles. The molecule has 1 atom stereocenters. The fourth-order valence-corrected chi connectivity index (χ4v) is 2.75. The zero-order valence-electron chi connectivity index (χ0n) is 15.3. The lowest BCUT2D eigenvalue weighted by atomic mass is 10.0. The van der Waals surface area contributed by atoms with E-state index in [0.717, 1.165) is 25.9 Å². The summed E-state index contributed by atoms with van der Waals surface area (Å²) < 4.78 is 11.1. The number of carbonyl (C=O) groups is 2. The number of hydrogen-bond acceptors (Lipinski definition) is 4. The van der Waals surface area contributed by atoms with Crippen LogP contribution in [0.25, 0.3) is 0 Å². The SMILES string of the molecule is CCO[C@@](C)(CC)C(=O)Nc1ccc(OCC(=O)N2CCCC2)cc1. The van der Waals surface area contributed by atoms with Crippen LogP contribution in [0.15, 0.2) is 24.3 Å². The molecule has 0 saturated carbocycles. The Bertz CT molecular complexity index is 582. The quantitative estimate of drug-likeness (QED) is 0.784. The maximum Gasteiger partial charge on any atom is 0.260 e. The molecule has 1 fully saturated rings. The number of carbonyl (C=O) groups excluding carboxylic acids is 2. The van der Waals surface area contributed by atoms with Crippen molar-refractivity contribution in [3.63, 3.8) is 0 Å². The van der Waals surface area contributed by atoms with Gasteiger partial charge in [-0.2, -0.15) is 0 Å². The van der Waals surface area contributed by atoms with E-state index in [4.69, 9.17) is 9.47 Å². The Hall–Kier alpha value is -2.08. The first-order valence-corrected chi connectivity index (χ1v) is 8.94. The van der Waals surface area contributed by atoms with Crippen molar-refractivity contribution in [2.45, 2.75) is 45.6 Å². The second kappa shape index (κ2) is 8.85. The van der Waals surface area contributed by atoms with E-state index in [0.29, 0.717) is 24.5 Å². The van der Waals surface area contributed by atoms with Crippen molar-refractivity contribution in [1.29, 1.82) is 0 Å². The summed E-state index contributed by atoms with van der Waals surface area (Å²) in [6.45, 7) is 7.75. The highest BCUT2D eigenvalue weighted by atomic mass is 16.5. The van der Waals surface area contributed by atoms with E-state index in [9.17, 15) is 9.59 Å². The molecule has 1 aromatic carbocycles. The van der Waals surface area contributed by atoms with Crippen LogP contribution in [-0.4, -0.2) is 48.6 Å². The van der Waals surface area contributed by atoms with Crippen molar-refractivity contribution in [2.75, 3.05) is 31.6 Å². The van der Waals surface area contributed by atoms with E-state index in [1.807, 2.05) is 18.7 Å². The predicted molar refractivity (Wildman–Crippen MR) is 96.7 cm³/mol. The molecule has 1 aliphatic heterocycles. The second-order valence-corrected chi connectivity index (χ2v) is 6.37. The summed E-state index contributed by atoms with van der Waals surface area (Å²) in [6.07, 6.45) is 2.73. The maximum atomic E-state index is 12.4. The molecule has 0 bridgehead atoms. The molecule has 2 amide bonds. The van der Waals surface area contributed by atoms with E-state index < -0.39 is 5.60 Å². The number of likely N-dealkylation sites (tertiary alicyclic amines) is 1. The molecule has 0 spiro atoms. The minimum atomic E-state index is -0.841. The van der Waals surface area contributed by atoms with Gasteiger partial charge in [0, 0.05) is 25.4 Å². The van der Waals surface area contributed by atoms with Crippen LogP contribution in [0.4, 0.5) is 5.69 Å². The van der Waals surface area contributed by atoms with Crippen molar-refractivity contribution in [2.24, 2.45) is 0 Å². The first-order valence-electron chi connectivity index (χ1n) is 8.94. The lowest BCUT2D eigenvalue weighted by molar-refractivity contribution is -0.139. The lowest BCUT2D eigenvalue weighted by Gasteiger charge is -2.26. The number of rotatable bonds is 8. The highest BCUT2D eigenvalue weighted by Crippen LogP contribution is 2.21. The molecule has 6 heteroatoms. The molecule has 2 rings (SSSR count). The molecule has 25 heavy (non-hydrogen) atoms. The van der Waals surface area contributed by atoms with Gasteiger partial charge in [-0.25, -0.2) is 0 Å². The van der Waals surface area contributed by atoms with Crippen LogP contribution in [0.3, 0.4) is 0 Å². The molecule has 1 aromatic rings. The Balaban J connectivity index is 1.86. The van der Waals surface area contributed by atoms with E-state index in [2.05, 4.69) is 5.32 Å². The van der Waals surface area contributed by atoms with Gasteiger partial charge < -0.3 is 19.7 Å². The van der Waals surface area contributed by atoms with Crippen molar-refractivity contribution < 1.29 is 19.1 Å². The fourth-order valence-electron chi connectivity index (χ4n) is 2.75. The molecule has 1 heterocycles. The van der Waals surface area contributed by atoms with Crippen LogP contribution in [0.1, 0.15) is 40.0 Å². The van der Waals surface area contributed by atoms with Gasteiger partial charge in [-0.15, -0.1) is 0 Å². The normalized spacial score (nSPS) is 16.4. The molecule has 1 saturated heterocycles. The molecular formula is C19H28N2O4.